The molecule has 0 unspecified atom stereocenters. The Bertz CT molecular complexity index is 436. The Hall–Kier alpha value is -0.820. The molecule has 0 aromatic carbocycles. The van der Waals surface area contributed by atoms with Crippen molar-refractivity contribution in [1.82, 2.24) is 9.78 Å². The van der Waals surface area contributed by atoms with Gasteiger partial charge in [-0.3, -0.25) is 4.68 Å². The zero-order valence-corrected chi connectivity index (χ0v) is 11.3. The van der Waals surface area contributed by atoms with E-state index < -0.39 is 0 Å². The van der Waals surface area contributed by atoms with Gasteiger partial charge >= 0.3 is 0 Å². The van der Waals surface area contributed by atoms with E-state index in [1.807, 2.05) is 18.7 Å². The molecule has 4 heteroatoms. The number of aromatic nitrogens is 2. The second-order valence-electron chi connectivity index (χ2n) is 4.75. The second-order valence-corrected chi connectivity index (χ2v) is 5.54. The average Bonchev–Trinajstić information content (AvgIpc) is 2.81. The highest BCUT2D eigenvalue weighted by Crippen LogP contribution is 2.41. The Balaban J connectivity index is 2.30. The van der Waals surface area contributed by atoms with Crippen LogP contribution < -0.4 is 0 Å². The van der Waals surface area contributed by atoms with Crippen molar-refractivity contribution in [3.05, 3.63) is 15.9 Å². The maximum atomic E-state index is 9.37. The molecule has 0 atom stereocenters. The predicted octanol–water partition coefficient (Wildman–Crippen LogP) is 3.12. The number of hydrogen-bond acceptors (Lipinski definition) is 2. The summed E-state index contributed by atoms with van der Waals surface area (Å²) >= 11 is 3.57. The predicted molar refractivity (Wildman–Crippen MR) is 65.9 cm³/mol. The highest BCUT2D eigenvalue weighted by molar-refractivity contribution is 9.10. The molecule has 1 heterocycles. The van der Waals surface area contributed by atoms with E-state index in [1.54, 1.807) is 0 Å². The number of rotatable bonds is 2. The van der Waals surface area contributed by atoms with E-state index in [2.05, 4.69) is 27.1 Å². The van der Waals surface area contributed by atoms with Gasteiger partial charge < -0.3 is 0 Å². The summed E-state index contributed by atoms with van der Waals surface area (Å²) in [5, 5.41) is 13.7. The fraction of sp³-hybridized carbons (Fsp3) is 0.667. The Labute approximate surface area is 105 Å². The van der Waals surface area contributed by atoms with Crippen LogP contribution in [0.3, 0.4) is 0 Å². The van der Waals surface area contributed by atoms with E-state index >= 15 is 0 Å². The molecule has 1 saturated carbocycles. The molecule has 1 aliphatic carbocycles. The van der Waals surface area contributed by atoms with Crippen LogP contribution in [0.5, 0.6) is 0 Å². The van der Waals surface area contributed by atoms with Gasteiger partial charge in [0, 0.05) is 13.5 Å². The van der Waals surface area contributed by atoms with Crippen LogP contribution in [0, 0.1) is 23.7 Å². The first-order valence-corrected chi connectivity index (χ1v) is 6.46. The number of aryl methyl sites for hydroxylation is 2. The van der Waals surface area contributed by atoms with Crippen molar-refractivity contribution in [2.45, 2.75) is 39.0 Å². The van der Waals surface area contributed by atoms with Gasteiger partial charge in [0.1, 0.15) is 0 Å². The zero-order chi connectivity index (χ0) is 11.8. The fourth-order valence-electron chi connectivity index (χ4n) is 2.57. The molecule has 0 spiro atoms. The Morgan fingerprint density at radius 1 is 1.50 bits per heavy atom. The van der Waals surface area contributed by atoms with Crippen LogP contribution in [0.25, 0.3) is 0 Å². The molecule has 0 amide bonds. The van der Waals surface area contributed by atoms with E-state index in [0.717, 1.165) is 35.1 Å². The monoisotopic (exact) mass is 281 g/mol. The van der Waals surface area contributed by atoms with Gasteiger partial charge in [0.2, 0.25) is 0 Å². The summed E-state index contributed by atoms with van der Waals surface area (Å²) in [5.41, 5.74) is 2.01. The van der Waals surface area contributed by atoms with Gasteiger partial charge in [-0.2, -0.15) is 10.4 Å². The lowest BCUT2D eigenvalue weighted by Crippen LogP contribution is -2.19. The topological polar surface area (TPSA) is 41.6 Å². The van der Waals surface area contributed by atoms with Crippen molar-refractivity contribution in [3.63, 3.8) is 0 Å². The molecule has 0 radical (unpaired) electrons. The molecule has 1 aliphatic rings. The van der Waals surface area contributed by atoms with E-state index in [1.165, 1.54) is 12.8 Å². The van der Waals surface area contributed by atoms with E-state index in [4.69, 9.17) is 0 Å². The summed E-state index contributed by atoms with van der Waals surface area (Å²) in [6.07, 6.45) is 5.24. The van der Waals surface area contributed by atoms with Gasteiger partial charge in [-0.1, -0.05) is 12.8 Å². The van der Waals surface area contributed by atoms with Crippen LogP contribution in [0.1, 0.15) is 37.1 Å². The molecule has 0 N–H and O–H groups in total. The summed E-state index contributed by atoms with van der Waals surface area (Å²) < 4.78 is 2.97. The normalized spacial score (nSPS) is 18.6. The van der Waals surface area contributed by atoms with Crippen LogP contribution >= 0.6 is 15.9 Å². The molecule has 1 aromatic rings. The van der Waals surface area contributed by atoms with Crippen LogP contribution in [-0.4, -0.2) is 9.78 Å². The van der Waals surface area contributed by atoms with Crippen molar-refractivity contribution in [2.24, 2.45) is 12.5 Å². The van der Waals surface area contributed by atoms with Crippen LogP contribution in [0.2, 0.25) is 0 Å². The lowest BCUT2D eigenvalue weighted by molar-refractivity contribution is 0.395. The third-order valence-electron chi connectivity index (χ3n) is 3.57. The number of nitrogens with zero attached hydrogens (tertiary/aromatic N) is 3. The molecule has 0 bridgehead atoms. The summed E-state index contributed by atoms with van der Waals surface area (Å²) in [5.74, 6) is 0. The molecular formula is C12H16BrN3. The summed E-state index contributed by atoms with van der Waals surface area (Å²) in [6.45, 7) is 1.99. The van der Waals surface area contributed by atoms with Gasteiger partial charge in [0.25, 0.3) is 0 Å². The zero-order valence-electron chi connectivity index (χ0n) is 9.76. The van der Waals surface area contributed by atoms with Crippen molar-refractivity contribution in [2.75, 3.05) is 0 Å². The van der Waals surface area contributed by atoms with Crippen molar-refractivity contribution in [3.8, 4) is 6.07 Å². The third kappa shape index (κ3) is 1.89. The van der Waals surface area contributed by atoms with Crippen molar-refractivity contribution in [1.29, 1.82) is 5.26 Å². The van der Waals surface area contributed by atoms with Gasteiger partial charge in [0.05, 0.1) is 27.3 Å². The van der Waals surface area contributed by atoms with Crippen LogP contribution in [-0.2, 0) is 13.5 Å². The van der Waals surface area contributed by atoms with Crippen molar-refractivity contribution < 1.29 is 0 Å². The molecule has 2 rings (SSSR count). The number of hydrogen-bond donors (Lipinski definition) is 0. The smallest absolute Gasteiger partial charge is 0.0738 e. The molecular weight excluding hydrogens is 266 g/mol. The quantitative estimate of drug-likeness (QED) is 0.836. The largest absolute Gasteiger partial charge is 0.271 e. The van der Waals surface area contributed by atoms with Crippen molar-refractivity contribution >= 4 is 15.9 Å². The SMILES string of the molecule is Cc1nn(C)c(CC2(C#N)CCCC2)c1Br. The van der Waals surface area contributed by atoms with E-state index in [9.17, 15) is 5.26 Å². The lowest BCUT2D eigenvalue weighted by Gasteiger charge is -2.20. The maximum Gasteiger partial charge on any atom is 0.0738 e. The second kappa shape index (κ2) is 4.21. The molecule has 0 aliphatic heterocycles. The number of halogens is 1. The van der Waals surface area contributed by atoms with Crippen LogP contribution in [0.15, 0.2) is 4.47 Å². The minimum atomic E-state index is -0.150. The highest BCUT2D eigenvalue weighted by Gasteiger charge is 2.35. The molecule has 86 valence electrons. The van der Waals surface area contributed by atoms with Gasteiger partial charge in [-0.25, -0.2) is 0 Å². The molecule has 0 saturated heterocycles. The highest BCUT2D eigenvalue weighted by atomic mass is 79.9. The fourth-order valence-corrected chi connectivity index (χ4v) is 3.05. The molecule has 1 fully saturated rings. The lowest BCUT2D eigenvalue weighted by atomic mass is 9.83. The first-order chi connectivity index (χ1) is 7.58. The van der Waals surface area contributed by atoms with Gasteiger partial charge in [-0.05, 0) is 35.7 Å². The van der Waals surface area contributed by atoms with E-state index in [0.29, 0.717) is 0 Å². The number of nitriles is 1. The van der Waals surface area contributed by atoms with E-state index in [-0.39, 0.29) is 5.41 Å². The Morgan fingerprint density at radius 3 is 2.56 bits per heavy atom. The molecule has 1 aromatic heterocycles. The van der Waals surface area contributed by atoms with Gasteiger partial charge in [-0.15, -0.1) is 0 Å². The molecule has 3 nitrogen and oxygen atoms in total. The minimum Gasteiger partial charge on any atom is -0.271 e. The Morgan fingerprint density at radius 2 is 2.12 bits per heavy atom. The summed E-state index contributed by atoms with van der Waals surface area (Å²) in [7, 11) is 1.95. The third-order valence-corrected chi connectivity index (χ3v) is 4.60. The van der Waals surface area contributed by atoms with Crippen LogP contribution in [0.4, 0.5) is 0 Å². The van der Waals surface area contributed by atoms with Gasteiger partial charge in [0.15, 0.2) is 0 Å². The first kappa shape index (κ1) is 11.7. The minimum absolute atomic E-state index is 0.150. The molecule has 16 heavy (non-hydrogen) atoms. The standard InChI is InChI=1S/C12H16BrN3/c1-9-11(13)10(16(2)15-9)7-12(8-14)5-3-4-6-12/h3-7H2,1-2H3. The summed E-state index contributed by atoms with van der Waals surface area (Å²) in [6, 6.07) is 2.53. The first-order valence-electron chi connectivity index (χ1n) is 5.67. The summed E-state index contributed by atoms with van der Waals surface area (Å²) in [4.78, 5) is 0. The Kier molecular flexibility index (Phi) is 3.07. The maximum absolute atomic E-state index is 9.37. The average molecular weight is 282 g/mol.